The van der Waals surface area contributed by atoms with Crippen LogP contribution in [0.25, 0.3) is 10.4 Å². The lowest BCUT2D eigenvalue weighted by atomic mass is 10.1. The summed E-state index contributed by atoms with van der Waals surface area (Å²) in [6.07, 6.45) is 0. The molecule has 7 nitrogen and oxygen atoms in total. The van der Waals surface area contributed by atoms with Gasteiger partial charge in [0.25, 0.3) is 5.69 Å². The Hall–Kier alpha value is -2.94. The molecule has 9 heteroatoms. The molecule has 0 atom stereocenters. The number of rotatable bonds is 6. The molecule has 1 fully saturated rings. The third-order valence-electron chi connectivity index (χ3n) is 5.32. The third kappa shape index (κ3) is 4.87. The van der Waals surface area contributed by atoms with Crippen molar-refractivity contribution in [1.82, 2.24) is 4.90 Å². The van der Waals surface area contributed by atoms with Crippen molar-refractivity contribution in [3.05, 3.63) is 80.2 Å². The second-order valence-corrected chi connectivity index (χ2v) is 8.97. The topological polar surface area (TPSA) is 92.7 Å². The van der Waals surface area contributed by atoms with E-state index in [1.807, 2.05) is 23.1 Å². The maximum Gasteiger partial charge on any atom is 0.293 e. The Balaban J connectivity index is 1.41. The standard InChI is InChI=1S/C22H21ClN4O3S/c23-17-3-1-2-15(12-17)21-7-5-18(31-21)14-25-8-10-26(11-9-25)19-6-4-16(22(24)28)13-20(19)27(29)30/h1-7,12-13H,8-11,14H2,(H2,24,28). The number of nitrogens with zero attached hydrogens (tertiary/aromatic N) is 3. The molecule has 2 heterocycles. The van der Waals surface area contributed by atoms with Crippen molar-refractivity contribution in [3.8, 4) is 10.4 Å². The van der Waals surface area contributed by atoms with E-state index in [4.69, 9.17) is 17.3 Å². The summed E-state index contributed by atoms with van der Waals surface area (Å²) in [7, 11) is 0. The number of hydrogen-bond acceptors (Lipinski definition) is 6. The summed E-state index contributed by atoms with van der Waals surface area (Å²) in [6, 6.07) is 16.5. The Bertz CT molecular complexity index is 1130. The van der Waals surface area contributed by atoms with Crippen LogP contribution in [0.15, 0.2) is 54.6 Å². The van der Waals surface area contributed by atoms with Gasteiger partial charge >= 0.3 is 0 Å². The van der Waals surface area contributed by atoms with E-state index in [9.17, 15) is 14.9 Å². The number of hydrogen-bond donors (Lipinski definition) is 1. The van der Waals surface area contributed by atoms with E-state index in [0.717, 1.165) is 30.2 Å². The molecule has 160 valence electrons. The molecule has 2 N–H and O–H groups in total. The lowest BCUT2D eigenvalue weighted by Crippen LogP contribution is -2.46. The second-order valence-electron chi connectivity index (χ2n) is 7.36. The first-order chi connectivity index (χ1) is 14.9. The van der Waals surface area contributed by atoms with Gasteiger partial charge < -0.3 is 10.6 Å². The molecule has 0 aliphatic carbocycles. The van der Waals surface area contributed by atoms with Gasteiger partial charge in [0, 0.05) is 59.1 Å². The Morgan fingerprint density at radius 3 is 2.55 bits per heavy atom. The fourth-order valence-electron chi connectivity index (χ4n) is 3.72. The van der Waals surface area contributed by atoms with Gasteiger partial charge in [-0.15, -0.1) is 11.3 Å². The molecule has 31 heavy (non-hydrogen) atoms. The number of thiophene rings is 1. The molecule has 0 bridgehead atoms. The van der Waals surface area contributed by atoms with Crippen LogP contribution in [-0.4, -0.2) is 41.9 Å². The molecule has 0 radical (unpaired) electrons. The molecule has 1 aliphatic rings. The van der Waals surface area contributed by atoms with Gasteiger partial charge in [0.15, 0.2) is 0 Å². The highest BCUT2D eigenvalue weighted by Gasteiger charge is 2.25. The summed E-state index contributed by atoms with van der Waals surface area (Å²) < 4.78 is 0. The van der Waals surface area contributed by atoms with Gasteiger partial charge in [0.1, 0.15) is 5.69 Å². The Morgan fingerprint density at radius 2 is 1.87 bits per heavy atom. The van der Waals surface area contributed by atoms with Crippen molar-refractivity contribution in [2.45, 2.75) is 6.54 Å². The van der Waals surface area contributed by atoms with Gasteiger partial charge in [0.05, 0.1) is 4.92 Å². The average molecular weight is 457 g/mol. The number of piperazine rings is 1. The van der Waals surface area contributed by atoms with Crippen LogP contribution in [0, 0.1) is 10.1 Å². The van der Waals surface area contributed by atoms with E-state index in [1.54, 1.807) is 23.5 Å². The van der Waals surface area contributed by atoms with Crippen LogP contribution in [-0.2, 0) is 6.54 Å². The van der Waals surface area contributed by atoms with E-state index in [2.05, 4.69) is 23.1 Å². The number of carbonyl (C=O) groups is 1. The normalized spacial score (nSPS) is 14.5. The maximum absolute atomic E-state index is 11.5. The number of halogens is 1. The van der Waals surface area contributed by atoms with Gasteiger partial charge in [0.2, 0.25) is 5.91 Å². The molecule has 1 saturated heterocycles. The monoisotopic (exact) mass is 456 g/mol. The summed E-state index contributed by atoms with van der Waals surface area (Å²) in [5.41, 5.74) is 6.95. The van der Waals surface area contributed by atoms with Gasteiger partial charge in [-0.1, -0.05) is 23.7 Å². The second kappa shape index (κ2) is 9.05. The molecule has 0 saturated carbocycles. The van der Waals surface area contributed by atoms with Crippen LogP contribution in [0.1, 0.15) is 15.2 Å². The molecule has 1 aromatic heterocycles. The van der Waals surface area contributed by atoms with Crippen LogP contribution in [0.5, 0.6) is 0 Å². The molecular weight excluding hydrogens is 436 g/mol. The van der Waals surface area contributed by atoms with Gasteiger partial charge in [-0.3, -0.25) is 19.8 Å². The SMILES string of the molecule is NC(=O)c1ccc(N2CCN(Cc3ccc(-c4cccc(Cl)c4)s3)CC2)c([N+](=O)[O-])c1. The van der Waals surface area contributed by atoms with Crippen LogP contribution in [0.3, 0.4) is 0 Å². The molecule has 1 amide bonds. The minimum Gasteiger partial charge on any atom is -0.366 e. The molecule has 0 unspecified atom stereocenters. The molecule has 1 aliphatic heterocycles. The van der Waals surface area contributed by atoms with Crippen LogP contribution >= 0.6 is 22.9 Å². The number of anilines is 1. The number of benzene rings is 2. The minimum absolute atomic E-state index is 0.0887. The largest absolute Gasteiger partial charge is 0.366 e. The lowest BCUT2D eigenvalue weighted by Gasteiger charge is -2.35. The fraction of sp³-hybridized carbons (Fsp3) is 0.227. The number of amides is 1. The third-order valence-corrected chi connectivity index (χ3v) is 6.67. The van der Waals surface area contributed by atoms with Crippen LogP contribution in [0.4, 0.5) is 11.4 Å². The lowest BCUT2D eigenvalue weighted by molar-refractivity contribution is -0.384. The van der Waals surface area contributed by atoms with Crippen LogP contribution in [0.2, 0.25) is 5.02 Å². The number of nitro groups is 1. The number of nitro benzene ring substituents is 1. The fourth-order valence-corrected chi connectivity index (χ4v) is 4.95. The predicted molar refractivity (Wildman–Crippen MR) is 124 cm³/mol. The van der Waals surface area contributed by atoms with Crippen molar-refractivity contribution in [3.63, 3.8) is 0 Å². The first kappa shape index (κ1) is 21.3. The van der Waals surface area contributed by atoms with Crippen molar-refractivity contribution >= 4 is 40.2 Å². The zero-order chi connectivity index (χ0) is 22.0. The quantitative estimate of drug-likeness (QED) is 0.438. The van der Waals surface area contributed by atoms with E-state index in [-0.39, 0.29) is 11.3 Å². The molecule has 3 aromatic rings. The summed E-state index contributed by atoms with van der Waals surface area (Å²) in [5.74, 6) is -0.674. The maximum atomic E-state index is 11.5. The van der Waals surface area contributed by atoms with E-state index < -0.39 is 10.8 Å². The highest BCUT2D eigenvalue weighted by molar-refractivity contribution is 7.15. The van der Waals surface area contributed by atoms with E-state index >= 15 is 0 Å². The van der Waals surface area contributed by atoms with Crippen molar-refractivity contribution in [1.29, 1.82) is 0 Å². The molecule has 2 aromatic carbocycles. The molecule has 0 spiro atoms. The zero-order valence-corrected chi connectivity index (χ0v) is 18.2. The molecular formula is C22H21ClN4O3S. The summed E-state index contributed by atoms with van der Waals surface area (Å²) >= 11 is 7.85. The Labute approximate surface area is 188 Å². The van der Waals surface area contributed by atoms with Crippen LogP contribution < -0.4 is 10.6 Å². The average Bonchev–Trinajstić information content (AvgIpc) is 3.22. The van der Waals surface area contributed by atoms with Crippen molar-refractivity contribution in [2.75, 3.05) is 31.1 Å². The summed E-state index contributed by atoms with van der Waals surface area (Å²) in [5, 5.41) is 12.2. The molecule has 4 rings (SSSR count). The first-order valence-electron chi connectivity index (χ1n) is 9.81. The zero-order valence-electron chi connectivity index (χ0n) is 16.7. The smallest absolute Gasteiger partial charge is 0.293 e. The van der Waals surface area contributed by atoms with Gasteiger partial charge in [-0.05, 0) is 42.0 Å². The van der Waals surface area contributed by atoms with E-state index in [1.165, 1.54) is 15.8 Å². The highest BCUT2D eigenvalue weighted by Crippen LogP contribution is 2.32. The Kier molecular flexibility index (Phi) is 6.22. The van der Waals surface area contributed by atoms with Gasteiger partial charge in [-0.2, -0.15) is 0 Å². The highest BCUT2D eigenvalue weighted by atomic mass is 35.5. The first-order valence-corrected chi connectivity index (χ1v) is 11.0. The van der Waals surface area contributed by atoms with Crippen molar-refractivity contribution in [2.24, 2.45) is 5.73 Å². The number of primary amides is 1. The predicted octanol–water partition coefficient (Wildman–Crippen LogP) is 4.40. The van der Waals surface area contributed by atoms with Gasteiger partial charge in [-0.25, -0.2) is 0 Å². The number of carbonyl (C=O) groups excluding carboxylic acids is 1. The number of nitrogens with two attached hydrogens (primary N) is 1. The summed E-state index contributed by atoms with van der Waals surface area (Å²) in [4.78, 5) is 29.2. The van der Waals surface area contributed by atoms with E-state index in [0.29, 0.717) is 18.8 Å². The van der Waals surface area contributed by atoms with Crippen molar-refractivity contribution < 1.29 is 9.72 Å². The minimum atomic E-state index is -0.674. The summed E-state index contributed by atoms with van der Waals surface area (Å²) in [6.45, 7) is 3.76. The Morgan fingerprint density at radius 1 is 1.10 bits per heavy atom.